The molecule has 0 heterocycles. The molecule has 0 fully saturated rings. The van der Waals surface area contributed by atoms with Gasteiger partial charge < -0.3 is 4.74 Å². The van der Waals surface area contributed by atoms with Crippen molar-refractivity contribution < 1.29 is 18.3 Å². The quantitative estimate of drug-likeness (QED) is 0.662. The Labute approximate surface area is 121 Å². The molecule has 0 radical (unpaired) electrons. The number of ether oxygens (including phenoxy) is 1. The first-order valence-corrected chi connectivity index (χ1v) is 7.07. The zero-order chi connectivity index (χ0) is 16.1. The second-order valence-electron chi connectivity index (χ2n) is 3.93. The molecule has 0 amide bonds. The molecule has 0 saturated carbocycles. The summed E-state index contributed by atoms with van der Waals surface area (Å²) in [5.41, 5.74) is 0.409. The van der Waals surface area contributed by atoms with E-state index in [1.165, 1.54) is 18.2 Å². The first kappa shape index (κ1) is 20.9. The maximum absolute atomic E-state index is 12.0. The molecule has 1 aromatic carbocycles. The van der Waals surface area contributed by atoms with Gasteiger partial charge in [0.15, 0.2) is 5.78 Å². The number of carbonyl (C=O) groups is 1. The fourth-order valence-corrected chi connectivity index (χ4v) is 1.33. The van der Waals surface area contributed by atoms with E-state index in [0.717, 1.165) is 0 Å². The van der Waals surface area contributed by atoms with Crippen molar-refractivity contribution in [1.29, 1.82) is 0 Å². The van der Waals surface area contributed by atoms with Crippen molar-refractivity contribution in [3.05, 3.63) is 29.8 Å². The van der Waals surface area contributed by atoms with Crippen LogP contribution in [0.2, 0.25) is 0 Å². The molecule has 0 spiro atoms. The summed E-state index contributed by atoms with van der Waals surface area (Å²) in [5, 5.41) is 0. The van der Waals surface area contributed by atoms with Crippen molar-refractivity contribution in [2.24, 2.45) is 5.92 Å². The van der Waals surface area contributed by atoms with E-state index in [-0.39, 0.29) is 17.5 Å². The zero-order valence-corrected chi connectivity index (χ0v) is 13.2. The van der Waals surface area contributed by atoms with Crippen molar-refractivity contribution in [1.82, 2.24) is 0 Å². The van der Waals surface area contributed by atoms with E-state index >= 15 is 0 Å². The minimum atomic E-state index is -2.87. The SMILES string of the molecule is CC.CC.CC(C)CC(=O)c1cccc(OC(F)F)c1. The van der Waals surface area contributed by atoms with Crippen LogP contribution >= 0.6 is 0 Å². The Morgan fingerprint density at radius 3 is 2.15 bits per heavy atom. The van der Waals surface area contributed by atoms with Gasteiger partial charge in [0.2, 0.25) is 0 Å². The number of Topliss-reactive ketones (excluding diaryl/α,β-unsaturated/α-hetero) is 1. The van der Waals surface area contributed by atoms with Crippen LogP contribution in [-0.2, 0) is 0 Å². The molecule has 0 aromatic heterocycles. The average molecular weight is 288 g/mol. The maximum Gasteiger partial charge on any atom is 0.387 e. The van der Waals surface area contributed by atoms with E-state index < -0.39 is 6.61 Å². The predicted octanol–water partition coefficient (Wildman–Crippen LogP) is 5.57. The number of carbonyl (C=O) groups excluding carboxylic acids is 1. The number of hydrogen-bond donors (Lipinski definition) is 0. The first-order valence-electron chi connectivity index (χ1n) is 7.07. The third-order valence-electron chi connectivity index (χ3n) is 1.97. The Hall–Kier alpha value is -1.45. The van der Waals surface area contributed by atoms with Gasteiger partial charge in [-0.1, -0.05) is 53.7 Å². The van der Waals surface area contributed by atoms with Crippen LogP contribution in [0.5, 0.6) is 5.75 Å². The molecule has 0 N–H and O–H groups in total. The van der Waals surface area contributed by atoms with Gasteiger partial charge in [0.05, 0.1) is 0 Å². The lowest BCUT2D eigenvalue weighted by Crippen LogP contribution is -2.05. The Morgan fingerprint density at radius 2 is 1.70 bits per heavy atom. The number of alkyl halides is 2. The molecule has 20 heavy (non-hydrogen) atoms. The molecule has 1 rings (SSSR count). The Balaban J connectivity index is 0. The summed E-state index contributed by atoms with van der Waals surface area (Å²) in [6, 6.07) is 5.88. The largest absolute Gasteiger partial charge is 0.435 e. The van der Waals surface area contributed by atoms with Gasteiger partial charge in [0.25, 0.3) is 0 Å². The summed E-state index contributed by atoms with van der Waals surface area (Å²) >= 11 is 0. The highest BCUT2D eigenvalue weighted by atomic mass is 19.3. The molecule has 1 aromatic rings. The second kappa shape index (κ2) is 12.6. The molecule has 4 heteroatoms. The summed E-state index contributed by atoms with van der Waals surface area (Å²) in [7, 11) is 0. The predicted molar refractivity (Wildman–Crippen MR) is 79.6 cm³/mol. The van der Waals surface area contributed by atoms with Crippen LogP contribution < -0.4 is 4.74 Å². The molecule has 0 unspecified atom stereocenters. The van der Waals surface area contributed by atoms with Gasteiger partial charge in [0, 0.05) is 12.0 Å². The van der Waals surface area contributed by atoms with Crippen molar-refractivity contribution >= 4 is 5.78 Å². The summed E-state index contributed by atoms with van der Waals surface area (Å²) in [5.74, 6) is 0.200. The maximum atomic E-state index is 12.0. The Kier molecular flexibility index (Phi) is 13.1. The van der Waals surface area contributed by atoms with Gasteiger partial charge in [0.1, 0.15) is 5.75 Å². The second-order valence-corrected chi connectivity index (χ2v) is 3.93. The number of hydrogen-bond acceptors (Lipinski definition) is 2. The van der Waals surface area contributed by atoms with E-state index in [0.29, 0.717) is 12.0 Å². The number of ketones is 1. The lowest BCUT2D eigenvalue weighted by Gasteiger charge is -2.07. The fraction of sp³-hybridized carbons (Fsp3) is 0.562. The highest BCUT2D eigenvalue weighted by Gasteiger charge is 2.10. The molecule has 0 bridgehead atoms. The van der Waals surface area contributed by atoms with Crippen molar-refractivity contribution in [3.8, 4) is 5.75 Å². The van der Waals surface area contributed by atoms with Crippen molar-refractivity contribution in [2.75, 3.05) is 0 Å². The highest BCUT2D eigenvalue weighted by molar-refractivity contribution is 5.96. The average Bonchev–Trinajstić information content (AvgIpc) is 2.42. The van der Waals surface area contributed by atoms with Gasteiger partial charge >= 0.3 is 6.61 Å². The molecule has 0 aliphatic rings. The Morgan fingerprint density at radius 1 is 1.15 bits per heavy atom. The first-order chi connectivity index (χ1) is 9.49. The minimum Gasteiger partial charge on any atom is -0.435 e. The molecule has 116 valence electrons. The monoisotopic (exact) mass is 288 g/mol. The van der Waals surface area contributed by atoms with Gasteiger partial charge in [-0.25, -0.2) is 0 Å². The van der Waals surface area contributed by atoms with E-state index in [1.807, 2.05) is 41.5 Å². The normalized spacial score (nSPS) is 9.30. The van der Waals surface area contributed by atoms with E-state index in [1.54, 1.807) is 6.07 Å². The summed E-state index contributed by atoms with van der Waals surface area (Å²) in [6.07, 6.45) is 0.401. The standard InChI is InChI=1S/C12H14F2O2.2C2H6/c1-8(2)6-11(15)9-4-3-5-10(7-9)16-12(13)14;2*1-2/h3-5,7-8,12H,6H2,1-2H3;2*1-2H3. The number of halogens is 2. The van der Waals surface area contributed by atoms with Crippen LogP contribution in [0, 0.1) is 5.92 Å². The molecule has 0 atom stereocenters. The van der Waals surface area contributed by atoms with Gasteiger partial charge in [-0.05, 0) is 18.1 Å². The summed E-state index contributed by atoms with van der Waals surface area (Å²) in [6.45, 7) is 8.99. The summed E-state index contributed by atoms with van der Waals surface area (Å²) in [4.78, 5) is 11.7. The highest BCUT2D eigenvalue weighted by Crippen LogP contribution is 2.18. The molecule has 0 aliphatic carbocycles. The zero-order valence-electron chi connectivity index (χ0n) is 13.2. The molecule has 0 saturated heterocycles. The lowest BCUT2D eigenvalue weighted by molar-refractivity contribution is -0.0498. The molecular weight excluding hydrogens is 262 g/mol. The smallest absolute Gasteiger partial charge is 0.387 e. The molecule has 0 aliphatic heterocycles. The fourth-order valence-electron chi connectivity index (χ4n) is 1.33. The number of benzene rings is 1. The third-order valence-corrected chi connectivity index (χ3v) is 1.97. The molecular formula is C16H26F2O2. The lowest BCUT2D eigenvalue weighted by atomic mass is 10.0. The van der Waals surface area contributed by atoms with E-state index in [9.17, 15) is 13.6 Å². The van der Waals surface area contributed by atoms with Crippen LogP contribution in [0.15, 0.2) is 24.3 Å². The van der Waals surface area contributed by atoms with Crippen LogP contribution in [-0.4, -0.2) is 12.4 Å². The van der Waals surface area contributed by atoms with Crippen molar-refractivity contribution in [3.63, 3.8) is 0 Å². The van der Waals surface area contributed by atoms with Crippen LogP contribution in [0.4, 0.5) is 8.78 Å². The van der Waals surface area contributed by atoms with Gasteiger partial charge in [-0.3, -0.25) is 4.79 Å². The molecule has 2 nitrogen and oxygen atoms in total. The van der Waals surface area contributed by atoms with E-state index in [4.69, 9.17) is 0 Å². The van der Waals surface area contributed by atoms with Crippen molar-refractivity contribution in [2.45, 2.75) is 54.6 Å². The third kappa shape index (κ3) is 9.48. The van der Waals surface area contributed by atoms with Crippen LogP contribution in [0.1, 0.15) is 58.3 Å². The topological polar surface area (TPSA) is 26.3 Å². The minimum absolute atomic E-state index is 0.0182. The van der Waals surface area contributed by atoms with Gasteiger partial charge in [-0.15, -0.1) is 0 Å². The number of rotatable bonds is 5. The van der Waals surface area contributed by atoms with E-state index in [2.05, 4.69) is 4.74 Å². The van der Waals surface area contributed by atoms with Crippen LogP contribution in [0.25, 0.3) is 0 Å². The summed E-state index contributed by atoms with van der Waals surface area (Å²) < 4.78 is 28.1. The van der Waals surface area contributed by atoms with Gasteiger partial charge in [-0.2, -0.15) is 8.78 Å². The Bertz CT molecular complexity index is 363. The van der Waals surface area contributed by atoms with Crippen LogP contribution in [0.3, 0.4) is 0 Å².